The number of nitrogens with one attached hydrogen (secondary N) is 2. The Morgan fingerprint density at radius 1 is 0.964 bits per heavy atom. The molecule has 0 atom stereocenters. The standard InChI is InChI=1S/C20H21N3O5/c1-23(2)20(26)15-5-3-4-13(8-15)10-21-18(24)11-22-19(25)14-6-7-16-17(9-14)28-12-27-16/h3-9H,10-12H2,1-2H3,(H,21,24)(H,22,25). The molecule has 0 radical (unpaired) electrons. The maximum Gasteiger partial charge on any atom is 0.253 e. The van der Waals surface area contributed by atoms with Crippen LogP contribution >= 0.6 is 0 Å². The molecule has 0 aromatic heterocycles. The van der Waals surface area contributed by atoms with Crippen LogP contribution in [0.4, 0.5) is 0 Å². The number of fused-ring (bicyclic) bond motifs is 1. The van der Waals surface area contributed by atoms with E-state index in [0.29, 0.717) is 22.6 Å². The number of hydrogen-bond acceptors (Lipinski definition) is 5. The van der Waals surface area contributed by atoms with E-state index in [-0.39, 0.29) is 37.6 Å². The third-order valence-electron chi connectivity index (χ3n) is 4.11. The second-order valence-electron chi connectivity index (χ2n) is 6.43. The van der Waals surface area contributed by atoms with E-state index >= 15 is 0 Å². The second-order valence-corrected chi connectivity index (χ2v) is 6.43. The van der Waals surface area contributed by atoms with Crippen LogP contribution in [0.2, 0.25) is 0 Å². The van der Waals surface area contributed by atoms with Gasteiger partial charge < -0.3 is 25.0 Å². The molecule has 0 unspecified atom stereocenters. The number of benzene rings is 2. The fourth-order valence-electron chi connectivity index (χ4n) is 2.64. The zero-order valence-electron chi connectivity index (χ0n) is 15.7. The largest absolute Gasteiger partial charge is 0.454 e. The molecule has 1 aliphatic heterocycles. The van der Waals surface area contributed by atoms with Crippen molar-refractivity contribution in [1.82, 2.24) is 15.5 Å². The lowest BCUT2D eigenvalue weighted by molar-refractivity contribution is -0.120. The lowest BCUT2D eigenvalue weighted by atomic mass is 10.1. The smallest absolute Gasteiger partial charge is 0.253 e. The molecule has 0 saturated carbocycles. The van der Waals surface area contributed by atoms with Crippen molar-refractivity contribution in [2.45, 2.75) is 6.54 Å². The zero-order valence-corrected chi connectivity index (χ0v) is 15.7. The minimum atomic E-state index is -0.382. The Balaban J connectivity index is 1.49. The molecule has 0 fully saturated rings. The average Bonchev–Trinajstić information content (AvgIpc) is 3.17. The van der Waals surface area contributed by atoms with Gasteiger partial charge in [0, 0.05) is 31.8 Å². The molecule has 0 saturated heterocycles. The average molecular weight is 383 g/mol. The molecule has 8 nitrogen and oxygen atoms in total. The number of ether oxygens (including phenoxy) is 2. The molecule has 2 aromatic rings. The molecule has 3 amide bonds. The van der Waals surface area contributed by atoms with E-state index in [4.69, 9.17) is 9.47 Å². The molecular formula is C20H21N3O5. The van der Waals surface area contributed by atoms with E-state index in [0.717, 1.165) is 5.56 Å². The lowest BCUT2D eigenvalue weighted by Crippen LogP contribution is -2.36. The number of nitrogens with zero attached hydrogens (tertiary/aromatic N) is 1. The molecule has 0 bridgehead atoms. The quantitative estimate of drug-likeness (QED) is 0.780. The first-order chi connectivity index (χ1) is 13.4. The van der Waals surface area contributed by atoms with E-state index < -0.39 is 0 Å². The Morgan fingerprint density at radius 3 is 2.54 bits per heavy atom. The molecule has 2 aromatic carbocycles. The summed E-state index contributed by atoms with van der Waals surface area (Å²) in [5, 5.41) is 5.28. The number of carbonyl (C=O) groups is 3. The Kier molecular flexibility index (Phi) is 5.78. The van der Waals surface area contributed by atoms with Gasteiger partial charge in [-0.1, -0.05) is 12.1 Å². The molecular weight excluding hydrogens is 362 g/mol. The number of hydrogen-bond donors (Lipinski definition) is 2. The van der Waals surface area contributed by atoms with Gasteiger partial charge in [-0.15, -0.1) is 0 Å². The predicted octanol–water partition coefficient (Wildman–Crippen LogP) is 1.16. The molecule has 1 heterocycles. The highest BCUT2D eigenvalue weighted by Crippen LogP contribution is 2.32. The zero-order chi connectivity index (χ0) is 20.1. The summed E-state index contributed by atoms with van der Waals surface area (Å²) in [6.07, 6.45) is 0. The van der Waals surface area contributed by atoms with E-state index in [1.807, 2.05) is 6.07 Å². The van der Waals surface area contributed by atoms with Crippen LogP contribution < -0.4 is 20.1 Å². The van der Waals surface area contributed by atoms with Crippen molar-refractivity contribution in [2.24, 2.45) is 0 Å². The fraction of sp³-hybridized carbons (Fsp3) is 0.250. The summed E-state index contributed by atoms with van der Waals surface area (Å²) >= 11 is 0. The topological polar surface area (TPSA) is 97.0 Å². The van der Waals surface area contributed by atoms with Crippen molar-refractivity contribution < 1.29 is 23.9 Å². The third-order valence-corrected chi connectivity index (χ3v) is 4.11. The van der Waals surface area contributed by atoms with Gasteiger partial charge in [0.1, 0.15) is 0 Å². The second kappa shape index (κ2) is 8.43. The van der Waals surface area contributed by atoms with Crippen molar-refractivity contribution >= 4 is 17.7 Å². The first-order valence-electron chi connectivity index (χ1n) is 8.69. The van der Waals surface area contributed by atoms with Crippen molar-refractivity contribution in [1.29, 1.82) is 0 Å². The molecule has 0 spiro atoms. The summed E-state index contributed by atoms with van der Waals surface area (Å²) in [4.78, 5) is 37.7. The normalized spacial score (nSPS) is 11.6. The van der Waals surface area contributed by atoms with Crippen LogP contribution in [0, 0.1) is 0 Å². The maximum absolute atomic E-state index is 12.2. The van der Waals surface area contributed by atoms with Crippen LogP contribution in [0.5, 0.6) is 11.5 Å². The van der Waals surface area contributed by atoms with Gasteiger partial charge in [-0.05, 0) is 35.9 Å². The monoisotopic (exact) mass is 383 g/mol. The minimum Gasteiger partial charge on any atom is -0.454 e. The van der Waals surface area contributed by atoms with Gasteiger partial charge in [0.2, 0.25) is 12.7 Å². The summed E-state index contributed by atoms with van der Waals surface area (Å²) in [6.45, 7) is 0.223. The SMILES string of the molecule is CN(C)C(=O)c1cccc(CNC(=O)CNC(=O)c2ccc3c(c2)OCO3)c1. The van der Waals surface area contributed by atoms with Gasteiger partial charge in [0.15, 0.2) is 11.5 Å². The third kappa shape index (κ3) is 4.59. The van der Waals surface area contributed by atoms with E-state index in [9.17, 15) is 14.4 Å². The van der Waals surface area contributed by atoms with Crippen LogP contribution in [0.1, 0.15) is 26.3 Å². The summed E-state index contributed by atoms with van der Waals surface area (Å²) in [5.74, 6) is 0.267. The fourth-order valence-corrected chi connectivity index (χ4v) is 2.64. The van der Waals surface area contributed by atoms with Crippen molar-refractivity contribution in [2.75, 3.05) is 27.4 Å². The van der Waals surface area contributed by atoms with Crippen molar-refractivity contribution in [3.8, 4) is 11.5 Å². The van der Waals surface area contributed by atoms with E-state index in [1.165, 1.54) is 4.90 Å². The van der Waals surface area contributed by atoms with Gasteiger partial charge in [-0.25, -0.2) is 0 Å². The Labute approximate surface area is 162 Å². The van der Waals surface area contributed by atoms with Crippen LogP contribution in [0.25, 0.3) is 0 Å². The van der Waals surface area contributed by atoms with Crippen molar-refractivity contribution in [3.63, 3.8) is 0 Å². The summed E-state index contributed by atoms with van der Waals surface area (Å²) in [7, 11) is 3.36. The van der Waals surface area contributed by atoms with Gasteiger partial charge in [-0.2, -0.15) is 0 Å². The number of carbonyl (C=O) groups excluding carboxylic acids is 3. The van der Waals surface area contributed by atoms with Crippen LogP contribution in [-0.4, -0.2) is 50.1 Å². The number of amides is 3. The molecule has 3 rings (SSSR count). The molecule has 0 aliphatic carbocycles. The van der Waals surface area contributed by atoms with Gasteiger partial charge in [-0.3, -0.25) is 14.4 Å². The van der Waals surface area contributed by atoms with E-state index in [2.05, 4.69) is 10.6 Å². The molecule has 146 valence electrons. The Hall–Kier alpha value is -3.55. The Morgan fingerprint density at radius 2 is 1.75 bits per heavy atom. The highest BCUT2D eigenvalue weighted by atomic mass is 16.7. The van der Waals surface area contributed by atoms with Gasteiger partial charge in [0.25, 0.3) is 11.8 Å². The minimum absolute atomic E-state index is 0.107. The van der Waals surface area contributed by atoms with Crippen LogP contribution in [0.15, 0.2) is 42.5 Å². The first kappa shape index (κ1) is 19.2. The molecule has 1 aliphatic rings. The summed E-state index contributed by atoms with van der Waals surface area (Å²) < 4.78 is 10.4. The summed E-state index contributed by atoms with van der Waals surface area (Å²) in [5.41, 5.74) is 1.72. The van der Waals surface area contributed by atoms with Gasteiger partial charge in [0.05, 0.1) is 6.54 Å². The number of rotatable bonds is 6. The molecule has 28 heavy (non-hydrogen) atoms. The lowest BCUT2D eigenvalue weighted by Gasteiger charge is -2.12. The summed E-state index contributed by atoms with van der Waals surface area (Å²) in [6, 6.07) is 11.9. The Bertz CT molecular complexity index is 910. The van der Waals surface area contributed by atoms with E-state index in [1.54, 1.807) is 50.5 Å². The highest BCUT2D eigenvalue weighted by Gasteiger charge is 2.16. The van der Waals surface area contributed by atoms with Gasteiger partial charge >= 0.3 is 0 Å². The first-order valence-corrected chi connectivity index (χ1v) is 8.69. The molecule has 2 N–H and O–H groups in total. The maximum atomic E-state index is 12.2. The highest BCUT2D eigenvalue weighted by molar-refractivity contribution is 5.97. The van der Waals surface area contributed by atoms with Crippen molar-refractivity contribution in [3.05, 3.63) is 59.2 Å². The van der Waals surface area contributed by atoms with Crippen LogP contribution in [-0.2, 0) is 11.3 Å². The van der Waals surface area contributed by atoms with Crippen LogP contribution in [0.3, 0.4) is 0 Å². The molecule has 8 heteroatoms. The predicted molar refractivity (Wildman–Crippen MR) is 101 cm³/mol.